The van der Waals surface area contributed by atoms with Crippen molar-refractivity contribution in [1.29, 1.82) is 0 Å². The van der Waals surface area contributed by atoms with Crippen LogP contribution in [0.15, 0.2) is 54.6 Å². The van der Waals surface area contributed by atoms with Gasteiger partial charge in [-0.25, -0.2) is 0 Å². The molecule has 0 aliphatic rings. The Balaban J connectivity index is 1.88. The van der Waals surface area contributed by atoms with Crippen LogP contribution in [-0.4, -0.2) is 23.7 Å². The van der Waals surface area contributed by atoms with E-state index in [1.807, 2.05) is 32.0 Å². The molecule has 4 N–H and O–H groups in total. The van der Waals surface area contributed by atoms with Gasteiger partial charge in [-0.3, -0.25) is 4.79 Å². The zero-order valence-corrected chi connectivity index (χ0v) is 14.0. The highest BCUT2D eigenvalue weighted by Crippen LogP contribution is 2.18. The topological polar surface area (TPSA) is 84.6 Å². The van der Waals surface area contributed by atoms with Crippen LogP contribution in [-0.2, 0) is 4.79 Å². The smallest absolute Gasteiger partial charge is 0.241 e. The molecule has 128 valence electrons. The molecule has 0 spiro atoms. The van der Waals surface area contributed by atoms with E-state index < -0.39 is 12.1 Å². The maximum absolute atomic E-state index is 12.1. The monoisotopic (exact) mass is 328 g/mol. The van der Waals surface area contributed by atoms with Crippen LogP contribution in [0.25, 0.3) is 0 Å². The number of nitrogens with one attached hydrogen (secondary N) is 1. The zero-order chi connectivity index (χ0) is 17.5. The number of hydrogen-bond donors (Lipinski definition) is 3. The number of rotatable bonds is 7. The molecule has 5 heteroatoms. The summed E-state index contributed by atoms with van der Waals surface area (Å²) in [6.07, 6.45) is -0.704. The number of carbonyl (C=O) groups is 1. The second-order valence-electron chi connectivity index (χ2n) is 5.88. The Morgan fingerprint density at radius 1 is 1.08 bits per heavy atom. The van der Waals surface area contributed by atoms with Crippen LogP contribution in [0.3, 0.4) is 0 Å². The molecule has 0 aliphatic carbocycles. The van der Waals surface area contributed by atoms with Gasteiger partial charge in [-0.1, -0.05) is 42.5 Å². The average molecular weight is 328 g/mol. The van der Waals surface area contributed by atoms with Crippen molar-refractivity contribution >= 4 is 5.91 Å². The third-order valence-corrected chi connectivity index (χ3v) is 3.55. The van der Waals surface area contributed by atoms with Crippen molar-refractivity contribution in [3.63, 3.8) is 0 Å². The number of amides is 1. The minimum absolute atomic E-state index is 0.0968. The van der Waals surface area contributed by atoms with Crippen molar-refractivity contribution in [2.75, 3.05) is 6.54 Å². The van der Waals surface area contributed by atoms with E-state index in [1.54, 1.807) is 36.4 Å². The Labute approximate surface area is 142 Å². The molecule has 0 bridgehead atoms. The van der Waals surface area contributed by atoms with Gasteiger partial charge >= 0.3 is 0 Å². The van der Waals surface area contributed by atoms with Crippen LogP contribution in [0.4, 0.5) is 0 Å². The molecule has 24 heavy (non-hydrogen) atoms. The summed E-state index contributed by atoms with van der Waals surface area (Å²) < 4.78 is 5.56. The van der Waals surface area contributed by atoms with E-state index in [9.17, 15) is 9.90 Å². The van der Waals surface area contributed by atoms with Gasteiger partial charge in [0.1, 0.15) is 11.8 Å². The summed E-state index contributed by atoms with van der Waals surface area (Å²) in [6.45, 7) is 4.01. The van der Waals surface area contributed by atoms with Crippen molar-refractivity contribution in [3.8, 4) is 5.75 Å². The summed E-state index contributed by atoms with van der Waals surface area (Å²) in [4.78, 5) is 12.1. The minimum atomic E-state index is -0.801. The van der Waals surface area contributed by atoms with E-state index in [0.29, 0.717) is 5.56 Å². The van der Waals surface area contributed by atoms with Gasteiger partial charge in [0.15, 0.2) is 0 Å². The zero-order valence-electron chi connectivity index (χ0n) is 14.0. The molecule has 5 nitrogen and oxygen atoms in total. The van der Waals surface area contributed by atoms with Crippen molar-refractivity contribution < 1.29 is 14.6 Å². The Kier molecular flexibility index (Phi) is 6.35. The van der Waals surface area contributed by atoms with E-state index >= 15 is 0 Å². The van der Waals surface area contributed by atoms with E-state index in [-0.39, 0.29) is 18.6 Å². The Hall–Kier alpha value is -2.37. The van der Waals surface area contributed by atoms with Crippen LogP contribution in [0.2, 0.25) is 0 Å². The fourth-order valence-corrected chi connectivity index (χ4v) is 2.28. The summed E-state index contributed by atoms with van der Waals surface area (Å²) in [5, 5.41) is 12.9. The molecule has 0 saturated carbocycles. The summed E-state index contributed by atoms with van der Waals surface area (Å²) in [7, 11) is 0. The third-order valence-electron chi connectivity index (χ3n) is 3.55. The molecular formula is C19H24N2O3. The molecule has 2 rings (SSSR count). The van der Waals surface area contributed by atoms with E-state index in [0.717, 1.165) is 11.3 Å². The minimum Gasteiger partial charge on any atom is -0.491 e. The lowest BCUT2D eigenvalue weighted by Gasteiger charge is -2.16. The van der Waals surface area contributed by atoms with Gasteiger partial charge in [0.25, 0.3) is 0 Å². The molecule has 0 heterocycles. The van der Waals surface area contributed by atoms with Gasteiger partial charge in [0.05, 0.1) is 12.2 Å². The molecule has 0 radical (unpaired) electrons. The molecular weight excluding hydrogens is 304 g/mol. The molecule has 2 aromatic rings. The van der Waals surface area contributed by atoms with Gasteiger partial charge in [-0.2, -0.15) is 0 Å². The molecule has 2 unspecified atom stereocenters. The number of ether oxygens (including phenoxy) is 1. The maximum Gasteiger partial charge on any atom is 0.241 e. The number of nitrogens with two attached hydrogens (primary N) is 1. The number of carbonyl (C=O) groups excluding carboxylic acids is 1. The van der Waals surface area contributed by atoms with Crippen molar-refractivity contribution in [2.45, 2.75) is 32.1 Å². The second kappa shape index (κ2) is 8.47. The SMILES string of the molecule is CC(C)Oc1ccc(C(O)CNC(=O)C(N)c2ccccc2)cc1. The Morgan fingerprint density at radius 2 is 1.71 bits per heavy atom. The number of aliphatic hydroxyl groups is 1. The fourth-order valence-electron chi connectivity index (χ4n) is 2.28. The highest BCUT2D eigenvalue weighted by Gasteiger charge is 2.17. The van der Waals surface area contributed by atoms with Crippen molar-refractivity contribution in [1.82, 2.24) is 5.32 Å². The van der Waals surface area contributed by atoms with Crippen LogP contribution >= 0.6 is 0 Å². The predicted octanol–water partition coefficient (Wildman–Crippen LogP) is 2.32. The second-order valence-corrected chi connectivity index (χ2v) is 5.88. The van der Waals surface area contributed by atoms with Gasteiger partial charge < -0.3 is 20.9 Å². The first-order chi connectivity index (χ1) is 11.5. The van der Waals surface area contributed by atoms with Crippen LogP contribution in [0, 0.1) is 0 Å². The normalized spacial score (nSPS) is 13.4. The average Bonchev–Trinajstić information content (AvgIpc) is 2.59. The molecule has 0 aromatic heterocycles. The van der Waals surface area contributed by atoms with E-state index in [1.165, 1.54) is 0 Å². The molecule has 0 fully saturated rings. The first-order valence-corrected chi connectivity index (χ1v) is 8.00. The molecule has 0 aliphatic heterocycles. The highest BCUT2D eigenvalue weighted by atomic mass is 16.5. The lowest BCUT2D eigenvalue weighted by Crippen LogP contribution is -2.36. The summed E-state index contributed by atoms with van der Waals surface area (Å²) in [6, 6.07) is 15.5. The van der Waals surface area contributed by atoms with Gasteiger partial charge in [-0.15, -0.1) is 0 Å². The largest absolute Gasteiger partial charge is 0.491 e. The third kappa shape index (κ3) is 5.08. The Bertz CT molecular complexity index is 641. The van der Waals surface area contributed by atoms with Crippen LogP contribution in [0.5, 0.6) is 5.75 Å². The van der Waals surface area contributed by atoms with Gasteiger partial charge in [-0.05, 0) is 37.1 Å². The van der Waals surface area contributed by atoms with Gasteiger partial charge in [0.2, 0.25) is 5.91 Å². The first-order valence-electron chi connectivity index (χ1n) is 8.00. The van der Waals surface area contributed by atoms with E-state index in [4.69, 9.17) is 10.5 Å². The number of aliphatic hydroxyl groups excluding tert-OH is 1. The van der Waals surface area contributed by atoms with Crippen LogP contribution < -0.4 is 15.8 Å². The molecule has 2 atom stereocenters. The quantitative estimate of drug-likeness (QED) is 0.728. The lowest BCUT2D eigenvalue weighted by atomic mass is 10.1. The van der Waals surface area contributed by atoms with Crippen molar-refractivity contribution in [3.05, 3.63) is 65.7 Å². The summed E-state index contributed by atoms with van der Waals surface area (Å²) >= 11 is 0. The summed E-state index contributed by atoms with van der Waals surface area (Å²) in [5.41, 5.74) is 7.36. The lowest BCUT2D eigenvalue weighted by molar-refractivity contribution is -0.122. The predicted molar refractivity (Wildman–Crippen MR) is 93.5 cm³/mol. The summed E-state index contributed by atoms with van der Waals surface area (Å²) in [5.74, 6) is 0.427. The number of benzene rings is 2. The molecule has 0 saturated heterocycles. The standard InChI is InChI=1S/C19H24N2O3/c1-13(2)24-16-10-8-14(9-11-16)17(22)12-21-19(23)18(20)15-6-4-3-5-7-15/h3-11,13,17-18,22H,12,20H2,1-2H3,(H,21,23). The first kappa shape index (κ1) is 18.0. The van der Waals surface area contributed by atoms with Crippen molar-refractivity contribution in [2.24, 2.45) is 5.73 Å². The van der Waals surface area contributed by atoms with E-state index in [2.05, 4.69) is 5.32 Å². The Morgan fingerprint density at radius 3 is 2.29 bits per heavy atom. The molecule has 1 amide bonds. The fraction of sp³-hybridized carbons (Fsp3) is 0.316. The molecule has 2 aromatic carbocycles. The van der Waals surface area contributed by atoms with Crippen LogP contribution in [0.1, 0.15) is 37.1 Å². The maximum atomic E-state index is 12.1. The highest BCUT2D eigenvalue weighted by molar-refractivity contribution is 5.82. The number of hydrogen-bond acceptors (Lipinski definition) is 4. The van der Waals surface area contributed by atoms with Gasteiger partial charge in [0, 0.05) is 6.54 Å².